The number of hydrogen-bond acceptors (Lipinski definition) is 4. The molecule has 1 N–H and O–H groups in total. The number of rotatable bonds is 8. The number of carbonyl (C=O) groups is 1. The van der Waals surface area contributed by atoms with Crippen molar-refractivity contribution >= 4 is 23.4 Å². The summed E-state index contributed by atoms with van der Waals surface area (Å²) >= 11 is 1.42. The Morgan fingerprint density at radius 2 is 2.21 bits per heavy atom. The highest BCUT2D eigenvalue weighted by atomic mass is 32.2. The lowest BCUT2D eigenvalue weighted by atomic mass is 10.1. The normalized spacial score (nSPS) is 13.7. The number of anilines is 1. The molecule has 0 aliphatic heterocycles. The van der Waals surface area contributed by atoms with Crippen molar-refractivity contribution in [1.82, 2.24) is 14.8 Å². The van der Waals surface area contributed by atoms with Gasteiger partial charge in [0, 0.05) is 18.2 Å². The summed E-state index contributed by atoms with van der Waals surface area (Å²) in [5.41, 5.74) is 2.03. The van der Waals surface area contributed by atoms with Gasteiger partial charge < -0.3 is 9.88 Å². The van der Waals surface area contributed by atoms with E-state index in [0.29, 0.717) is 18.2 Å². The average molecular weight is 342 g/mol. The number of aromatic nitrogens is 3. The number of para-hydroxylation sites is 1. The molecule has 1 aromatic heterocycles. The molecule has 6 heteroatoms. The Morgan fingerprint density at radius 3 is 2.92 bits per heavy atom. The summed E-state index contributed by atoms with van der Waals surface area (Å²) in [6.45, 7) is 6.57. The number of hydrogen-bond donors (Lipinski definition) is 1. The second-order valence-corrected chi connectivity index (χ2v) is 6.80. The summed E-state index contributed by atoms with van der Waals surface area (Å²) in [5.74, 6) is 1.84. The molecule has 5 nitrogen and oxygen atoms in total. The number of allylic oxidation sites excluding steroid dienone is 1. The van der Waals surface area contributed by atoms with E-state index in [4.69, 9.17) is 0 Å². The number of nitrogens with one attached hydrogen (secondary N) is 1. The Balaban J connectivity index is 1.63. The highest BCUT2D eigenvalue weighted by Gasteiger charge is 2.30. The summed E-state index contributed by atoms with van der Waals surface area (Å²) in [6.07, 6.45) is 5.08. The Hall–Kier alpha value is -2.08. The second kappa shape index (κ2) is 7.66. The highest BCUT2D eigenvalue weighted by Crippen LogP contribution is 2.40. The van der Waals surface area contributed by atoms with Gasteiger partial charge in [0.15, 0.2) is 5.16 Å². The van der Waals surface area contributed by atoms with Crippen molar-refractivity contribution in [3.63, 3.8) is 0 Å². The molecule has 126 valence electrons. The lowest BCUT2D eigenvalue weighted by Crippen LogP contribution is -2.15. The van der Waals surface area contributed by atoms with Crippen LogP contribution in [0.25, 0.3) is 0 Å². The molecule has 1 amide bonds. The van der Waals surface area contributed by atoms with Crippen LogP contribution in [0.5, 0.6) is 0 Å². The minimum atomic E-state index is -0.0259. The van der Waals surface area contributed by atoms with Gasteiger partial charge in [-0.1, -0.05) is 43.0 Å². The van der Waals surface area contributed by atoms with Crippen molar-refractivity contribution in [3.05, 3.63) is 48.3 Å². The van der Waals surface area contributed by atoms with Crippen LogP contribution in [0.4, 0.5) is 5.69 Å². The Morgan fingerprint density at radius 1 is 1.42 bits per heavy atom. The maximum absolute atomic E-state index is 12.3. The highest BCUT2D eigenvalue weighted by molar-refractivity contribution is 7.99. The van der Waals surface area contributed by atoms with Crippen molar-refractivity contribution in [1.29, 1.82) is 0 Å². The van der Waals surface area contributed by atoms with Gasteiger partial charge in [0.25, 0.3) is 0 Å². The van der Waals surface area contributed by atoms with E-state index in [2.05, 4.69) is 33.6 Å². The predicted molar refractivity (Wildman–Crippen MR) is 97.4 cm³/mol. The molecule has 1 saturated carbocycles. The van der Waals surface area contributed by atoms with Crippen molar-refractivity contribution in [2.45, 2.75) is 43.8 Å². The summed E-state index contributed by atoms with van der Waals surface area (Å²) in [7, 11) is 0. The van der Waals surface area contributed by atoms with E-state index in [-0.39, 0.29) is 5.91 Å². The molecule has 0 bridgehead atoms. The molecule has 0 atom stereocenters. The van der Waals surface area contributed by atoms with E-state index >= 15 is 0 Å². The molecule has 0 radical (unpaired) electrons. The van der Waals surface area contributed by atoms with Gasteiger partial charge in [-0.2, -0.15) is 0 Å². The third-order valence-corrected chi connectivity index (χ3v) is 4.97. The monoisotopic (exact) mass is 342 g/mol. The Labute approximate surface area is 146 Å². The first-order chi connectivity index (χ1) is 11.7. The number of thioether (sulfide) groups is 1. The van der Waals surface area contributed by atoms with Gasteiger partial charge in [0.1, 0.15) is 5.82 Å². The van der Waals surface area contributed by atoms with Crippen LogP contribution in [0.15, 0.2) is 42.1 Å². The summed E-state index contributed by atoms with van der Waals surface area (Å²) in [6, 6.07) is 7.89. The van der Waals surface area contributed by atoms with Crippen LogP contribution in [0, 0.1) is 0 Å². The Bertz CT molecular complexity index is 736. The molecule has 0 spiro atoms. The first-order valence-electron chi connectivity index (χ1n) is 8.27. The minimum absolute atomic E-state index is 0.0259. The lowest BCUT2D eigenvalue weighted by Gasteiger charge is -2.10. The van der Waals surface area contributed by atoms with Crippen molar-refractivity contribution in [2.24, 2.45) is 0 Å². The van der Waals surface area contributed by atoms with E-state index in [1.807, 2.05) is 30.3 Å². The van der Waals surface area contributed by atoms with Crippen LogP contribution in [-0.2, 0) is 17.8 Å². The van der Waals surface area contributed by atoms with Gasteiger partial charge in [0.2, 0.25) is 5.91 Å². The molecular weight excluding hydrogens is 320 g/mol. The zero-order valence-corrected chi connectivity index (χ0v) is 14.7. The molecule has 1 fully saturated rings. The maximum Gasteiger partial charge on any atom is 0.234 e. The standard InChI is InChI=1S/C18H22N4OS/c1-3-11-22-17(14-9-10-14)20-21-18(22)24-12-16(23)19-15-8-6-5-7-13(15)4-2/h3,5-8,14H,1,4,9-12H2,2H3,(H,19,23). The molecule has 2 aromatic rings. The number of aryl methyl sites for hydroxylation is 1. The van der Waals surface area contributed by atoms with Crippen LogP contribution < -0.4 is 5.32 Å². The molecule has 3 rings (SSSR count). The third-order valence-electron chi connectivity index (χ3n) is 4.00. The molecule has 24 heavy (non-hydrogen) atoms. The first-order valence-corrected chi connectivity index (χ1v) is 9.26. The fraction of sp³-hybridized carbons (Fsp3) is 0.389. The molecule has 1 heterocycles. The van der Waals surface area contributed by atoms with Gasteiger partial charge >= 0.3 is 0 Å². The SMILES string of the molecule is C=CCn1c(SCC(=O)Nc2ccccc2CC)nnc1C1CC1. The van der Waals surface area contributed by atoms with Gasteiger partial charge in [-0.05, 0) is 30.9 Å². The van der Waals surface area contributed by atoms with Gasteiger partial charge in [-0.3, -0.25) is 4.79 Å². The summed E-state index contributed by atoms with van der Waals surface area (Å²) in [4.78, 5) is 12.3. The zero-order chi connectivity index (χ0) is 16.9. The predicted octanol–water partition coefficient (Wildman–Crippen LogP) is 3.63. The number of nitrogens with zero attached hydrogens (tertiary/aromatic N) is 3. The summed E-state index contributed by atoms with van der Waals surface area (Å²) < 4.78 is 2.07. The first kappa shape index (κ1) is 16.8. The van der Waals surface area contributed by atoms with Crippen LogP contribution in [-0.4, -0.2) is 26.4 Å². The van der Waals surface area contributed by atoms with Crippen LogP contribution >= 0.6 is 11.8 Å². The fourth-order valence-electron chi connectivity index (χ4n) is 2.62. The fourth-order valence-corrected chi connectivity index (χ4v) is 3.37. The topological polar surface area (TPSA) is 59.8 Å². The molecule has 1 aliphatic rings. The van der Waals surface area contributed by atoms with Gasteiger partial charge in [0.05, 0.1) is 5.75 Å². The second-order valence-electron chi connectivity index (χ2n) is 5.86. The quantitative estimate of drug-likeness (QED) is 0.588. The third kappa shape index (κ3) is 3.87. The molecular formula is C18H22N4OS. The average Bonchev–Trinajstić information content (AvgIpc) is 3.36. The van der Waals surface area contributed by atoms with E-state index in [0.717, 1.165) is 28.7 Å². The van der Waals surface area contributed by atoms with Crippen molar-refractivity contribution in [3.8, 4) is 0 Å². The van der Waals surface area contributed by atoms with Crippen molar-refractivity contribution < 1.29 is 4.79 Å². The maximum atomic E-state index is 12.3. The Kier molecular flexibility index (Phi) is 5.35. The van der Waals surface area contributed by atoms with Crippen molar-refractivity contribution in [2.75, 3.05) is 11.1 Å². The van der Waals surface area contributed by atoms with E-state index in [1.165, 1.54) is 24.6 Å². The zero-order valence-electron chi connectivity index (χ0n) is 13.9. The van der Waals surface area contributed by atoms with Crippen LogP contribution in [0.2, 0.25) is 0 Å². The number of benzene rings is 1. The molecule has 1 aromatic carbocycles. The van der Waals surface area contributed by atoms with E-state index in [1.54, 1.807) is 0 Å². The van der Waals surface area contributed by atoms with E-state index < -0.39 is 0 Å². The number of amides is 1. The largest absolute Gasteiger partial charge is 0.325 e. The number of carbonyl (C=O) groups excluding carboxylic acids is 1. The lowest BCUT2D eigenvalue weighted by molar-refractivity contribution is -0.113. The van der Waals surface area contributed by atoms with Crippen LogP contribution in [0.3, 0.4) is 0 Å². The van der Waals surface area contributed by atoms with E-state index in [9.17, 15) is 4.79 Å². The molecule has 0 saturated heterocycles. The minimum Gasteiger partial charge on any atom is -0.325 e. The van der Waals surface area contributed by atoms with Gasteiger partial charge in [-0.25, -0.2) is 0 Å². The van der Waals surface area contributed by atoms with Crippen LogP contribution in [0.1, 0.15) is 37.1 Å². The van der Waals surface area contributed by atoms with Gasteiger partial charge in [-0.15, -0.1) is 16.8 Å². The molecule has 0 unspecified atom stereocenters. The summed E-state index contributed by atoms with van der Waals surface area (Å²) in [5, 5.41) is 12.3. The molecule has 1 aliphatic carbocycles. The smallest absolute Gasteiger partial charge is 0.234 e.